The molecule has 4 heteroatoms. The molecule has 0 aliphatic heterocycles. The maximum absolute atomic E-state index is 11.7. The van der Waals surface area contributed by atoms with Crippen LogP contribution in [-0.2, 0) is 14.3 Å². The molecule has 0 aromatic heterocycles. The van der Waals surface area contributed by atoms with Gasteiger partial charge in [-0.05, 0) is 12.5 Å². The molecule has 3 nitrogen and oxygen atoms in total. The molecule has 1 unspecified atom stereocenters. The lowest BCUT2D eigenvalue weighted by Gasteiger charge is -2.23. The number of esters is 1. The highest BCUT2D eigenvalue weighted by Gasteiger charge is 2.36. The maximum Gasteiger partial charge on any atom is 0.305 e. The Bertz CT molecular complexity index is 344. The van der Waals surface area contributed by atoms with Crippen LogP contribution < -0.4 is 0 Å². The minimum atomic E-state index is -1.22. The molecule has 0 bridgehead atoms. The first-order valence-electron chi connectivity index (χ1n) is 4.75. The van der Waals surface area contributed by atoms with Crippen LogP contribution in [0.3, 0.4) is 0 Å². The molecule has 0 saturated heterocycles. The fourth-order valence-corrected chi connectivity index (χ4v) is 1.50. The van der Waals surface area contributed by atoms with Gasteiger partial charge in [-0.2, -0.15) is 0 Å². The molecule has 1 rings (SSSR count). The van der Waals surface area contributed by atoms with Crippen molar-refractivity contribution >= 4 is 23.4 Å². The van der Waals surface area contributed by atoms with Gasteiger partial charge in [0.25, 0.3) is 0 Å². The number of rotatable bonds is 3. The fourth-order valence-electron chi connectivity index (χ4n) is 1.23. The van der Waals surface area contributed by atoms with Crippen LogP contribution in [0.15, 0.2) is 23.8 Å². The normalized spacial score (nSPS) is 25.0. The van der Waals surface area contributed by atoms with Crippen molar-refractivity contribution in [2.24, 2.45) is 0 Å². The minimum Gasteiger partial charge on any atom is -0.463 e. The first-order valence-corrected chi connectivity index (χ1v) is 5.13. The lowest BCUT2D eigenvalue weighted by Crippen LogP contribution is -2.38. The highest BCUT2D eigenvalue weighted by Crippen LogP contribution is 2.26. The van der Waals surface area contributed by atoms with E-state index in [1.807, 2.05) is 0 Å². The van der Waals surface area contributed by atoms with Crippen LogP contribution in [0.4, 0.5) is 0 Å². The summed E-state index contributed by atoms with van der Waals surface area (Å²) < 4.78 is 4.88. The zero-order valence-corrected chi connectivity index (χ0v) is 9.50. The second-order valence-corrected chi connectivity index (χ2v) is 4.09. The van der Waals surface area contributed by atoms with Gasteiger partial charge in [-0.3, -0.25) is 9.59 Å². The van der Waals surface area contributed by atoms with Gasteiger partial charge in [-0.1, -0.05) is 25.2 Å². The number of allylic oxidation sites excluding steroid dienone is 3. The van der Waals surface area contributed by atoms with E-state index in [0.29, 0.717) is 5.57 Å². The second kappa shape index (κ2) is 4.62. The average Bonchev–Trinajstić information content (AvgIpc) is 2.23. The van der Waals surface area contributed by atoms with E-state index in [2.05, 4.69) is 0 Å². The number of hydrogen-bond acceptors (Lipinski definition) is 3. The molecule has 0 aromatic carbocycles. The van der Waals surface area contributed by atoms with E-state index in [1.54, 1.807) is 32.1 Å². The molecular weight excluding hydrogens is 216 g/mol. The van der Waals surface area contributed by atoms with Crippen molar-refractivity contribution < 1.29 is 14.3 Å². The van der Waals surface area contributed by atoms with E-state index in [1.165, 1.54) is 0 Å². The number of carbonyl (C=O) groups excluding carboxylic acids is 2. The number of hydrogen-bond donors (Lipinski definition) is 0. The first kappa shape index (κ1) is 12.0. The third-order valence-corrected chi connectivity index (χ3v) is 2.58. The van der Waals surface area contributed by atoms with Crippen molar-refractivity contribution in [2.75, 3.05) is 6.61 Å². The summed E-state index contributed by atoms with van der Waals surface area (Å²) in [6.45, 7) is 3.26. The van der Waals surface area contributed by atoms with Gasteiger partial charge in [0.2, 0.25) is 0 Å². The Morgan fingerprint density at radius 1 is 1.60 bits per heavy atom. The summed E-state index contributed by atoms with van der Waals surface area (Å²) in [5.74, 6) is -0.570. The molecule has 0 spiro atoms. The van der Waals surface area contributed by atoms with E-state index in [0.717, 1.165) is 0 Å². The largest absolute Gasteiger partial charge is 0.463 e. The van der Waals surface area contributed by atoms with E-state index < -0.39 is 4.87 Å². The third kappa shape index (κ3) is 2.69. The van der Waals surface area contributed by atoms with E-state index in [4.69, 9.17) is 16.3 Å². The molecule has 82 valence electrons. The molecule has 15 heavy (non-hydrogen) atoms. The first-order chi connectivity index (χ1) is 6.99. The van der Waals surface area contributed by atoms with Crippen LogP contribution in [-0.4, -0.2) is 23.2 Å². The quantitative estimate of drug-likeness (QED) is 0.548. The second-order valence-electron chi connectivity index (χ2n) is 3.41. The summed E-state index contributed by atoms with van der Waals surface area (Å²) in [4.78, 5) is 21.4. The molecule has 0 saturated carbocycles. The summed E-state index contributed by atoms with van der Waals surface area (Å²) in [6, 6.07) is 0. The fraction of sp³-hybridized carbons (Fsp3) is 0.455. The molecule has 0 amide bonds. The minimum absolute atomic E-state index is 0.109. The van der Waals surface area contributed by atoms with Crippen LogP contribution in [0.2, 0.25) is 0 Å². The van der Waals surface area contributed by atoms with Crippen LogP contribution in [0.1, 0.15) is 20.3 Å². The van der Waals surface area contributed by atoms with Gasteiger partial charge >= 0.3 is 5.97 Å². The molecule has 0 fully saturated rings. The highest BCUT2D eigenvalue weighted by molar-refractivity contribution is 6.40. The topological polar surface area (TPSA) is 43.4 Å². The van der Waals surface area contributed by atoms with Crippen LogP contribution in [0.25, 0.3) is 0 Å². The summed E-state index contributed by atoms with van der Waals surface area (Å²) in [5.41, 5.74) is 0.569. The Morgan fingerprint density at radius 3 is 2.87 bits per heavy atom. The highest BCUT2D eigenvalue weighted by atomic mass is 35.5. The van der Waals surface area contributed by atoms with E-state index in [-0.39, 0.29) is 24.8 Å². The van der Waals surface area contributed by atoms with Crippen LogP contribution in [0.5, 0.6) is 0 Å². The van der Waals surface area contributed by atoms with Gasteiger partial charge in [0.1, 0.15) is 6.61 Å². The molecule has 0 aromatic rings. The number of halogens is 1. The number of alkyl halides is 1. The monoisotopic (exact) mass is 228 g/mol. The van der Waals surface area contributed by atoms with Gasteiger partial charge in [0.15, 0.2) is 10.7 Å². The van der Waals surface area contributed by atoms with Crippen molar-refractivity contribution in [3.8, 4) is 0 Å². The smallest absolute Gasteiger partial charge is 0.305 e. The maximum atomic E-state index is 11.7. The van der Waals surface area contributed by atoms with Crippen LogP contribution in [0, 0.1) is 0 Å². The van der Waals surface area contributed by atoms with Crippen molar-refractivity contribution in [2.45, 2.75) is 25.1 Å². The number of ether oxygens (including phenoxy) is 1. The van der Waals surface area contributed by atoms with Crippen molar-refractivity contribution in [3.05, 3.63) is 23.8 Å². The zero-order valence-electron chi connectivity index (χ0n) is 8.75. The summed E-state index contributed by atoms with van der Waals surface area (Å²) in [6.07, 6.45) is 5.21. The van der Waals surface area contributed by atoms with Gasteiger partial charge in [0.05, 0.1) is 0 Å². The number of carbonyl (C=O) groups is 2. The Balaban J connectivity index is 2.68. The molecule has 1 aliphatic rings. The lowest BCUT2D eigenvalue weighted by molar-refractivity contribution is -0.144. The Kier molecular flexibility index (Phi) is 3.69. The Morgan fingerprint density at radius 2 is 2.27 bits per heavy atom. The van der Waals surface area contributed by atoms with Gasteiger partial charge in [-0.15, -0.1) is 11.6 Å². The molecule has 0 radical (unpaired) electrons. The Labute approximate surface area is 93.7 Å². The number of Topliss-reactive ketones (excluding diaryl/α,β-unsaturated/α-hetero) is 1. The van der Waals surface area contributed by atoms with Crippen molar-refractivity contribution in [1.29, 1.82) is 0 Å². The average molecular weight is 229 g/mol. The predicted molar refractivity (Wildman–Crippen MR) is 57.7 cm³/mol. The molecule has 0 N–H and O–H groups in total. The van der Waals surface area contributed by atoms with Gasteiger partial charge < -0.3 is 4.74 Å². The predicted octanol–water partition coefficient (Wildman–Crippen LogP) is 2.00. The summed E-state index contributed by atoms with van der Waals surface area (Å²) in [7, 11) is 0. The van der Waals surface area contributed by atoms with E-state index >= 15 is 0 Å². The van der Waals surface area contributed by atoms with Crippen molar-refractivity contribution in [3.63, 3.8) is 0 Å². The third-order valence-electron chi connectivity index (χ3n) is 2.17. The summed E-state index contributed by atoms with van der Waals surface area (Å²) >= 11 is 6.07. The summed E-state index contributed by atoms with van der Waals surface area (Å²) in [5, 5.41) is 0. The van der Waals surface area contributed by atoms with Crippen LogP contribution >= 0.6 is 11.6 Å². The zero-order chi connectivity index (χ0) is 11.5. The standard InChI is InChI=1S/C11H13ClO3/c1-3-9(13)15-7-11(12)6-4-5-8(2)10(11)14/h4-6H,3,7H2,1-2H3. The van der Waals surface area contributed by atoms with Gasteiger partial charge in [-0.25, -0.2) is 0 Å². The number of ketones is 1. The SMILES string of the molecule is CCC(=O)OCC1(Cl)C=CC=C(C)C1=O. The molecule has 1 aliphatic carbocycles. The van der Waals surface area contributed by atoms with E-state index in [9.17, 15) is 9.59 Å². The van der Waals surface area contributed by atoms with Crippen molar-refractivity contribution in [1.82, 2.24) is 0 Å². The van der Waals surface area contributed by atoms with Gasteiger partial charge in [0, 0.05) is 6.42 Å². The lowest BCUT2D eigenvalue weighted by atomic mass is 9.93. The molecule has 0 heterocycles. The molecular formula is C11H13ClO3. The molecule has 1 atom stereocenters. The Hall–Kier alpha value is -1.09.